The predicted octanol–water partition coefficient (Wildman–Crippen LogP) is 5.95. The van der Waals surface area contributed by atoms with Crippen molar-refractivity contribution in [1.29, 1.82) is 0 Å². The highest BCUT2D eigenvalue weighted by molar-refractivity contribution is 7.92. The first kappa shape index (κ1) is 35.4. The van der Waals surface area contributed by atoms with Crippen LogP contribution in [0.2, 0.25) is 0 Å². The molecule has 3 N–H and O–H groups in total. The summed E-state index contributed by atoms with van der Waals surface area (Å²) in [4.78, 5) is 29.5. The third-order valence-electron chi connectivity index (χ3n) is 7.74. The van der Waals surface area contributed by atoms with Gasteiger partial charge in [-0.15, -0.1) is 0 Å². The molecule has 5 aromatic rings. The number of hydrogen-bond donors (Lipinski definition) is 3. The third kappa shape index (κ3) is 8.95. The van der Waals surface area contributed by atoms with Crippen LogP contribution in [0.1, 0.15) is 74.3 Å². The molecule has 0 aliphatic carbocycles. The summed E-state index contributed by atoms with van der Waals surface area (Å²) in [5, 5.41) is 17.4. The summed E-state index contributed by atoms with van der Waals surface area (Å²) in [6, 6.07) is 12.7. The van der Waals surface area contributed by atoms with Crippen LogP contribution < -0.4 is 14.8 Å². The van der Waals surface area contributed by atoms with E-state index in [0.717, 1.165) is 40.4 Å². The Hall–Kier alpha value is -4.95. The number of benzene rings is 2. The van der Waals surface area contributed by atoms with Gasteiger partial charge in [-0.25, -0.2) is 32.9 Å². The third-order valence-corrected chi connectivity index (χ3v) is 9.07. The Bertz CT molecular complexity index is 2070. The summed E-state index contributed by atoms with van der Waals surface area (Å²) in [7, 11) is -4.24. The number of aromatic nitrogens is 6. The number of rotatable bonds is 13. The fourth-order valence-electron chi connectivity index (χ4n) is 5.44. The first-order valence-corrected chi connectivity index (χ1v) is 17.4. The second kappa shape index (κ2) is 14.3. The lowest BCUT2D eigenvalue weighted by molar-refractivity contribution is 0.0696. The fourth-order valence-corrected chi connectivity index (χ4v) is 6.43. The number of aromatic carboxylic acids is 1. The van der Waals surface area contributed by atoms with Crippen molar-refractivity contribution in [1.82, 2.24) is 35.0 Å². The van der Waals surface area contributed by atoms with Crippen LogP contribution in [-0.4, -0.2) is 61.9 Å². The van der Waals surface area contributed by atoms with Crippen molar-refractivity contribution in [3.63, 3.8) is 0 Å². The van der Waals surface area contributed by atoms with Gasteiger partial charge in [0.05, 0.1) is 34.2 Å². The molecule has 0 saturated heterocycles. The first-order valence-electron chi connectivity index (χ1n) is 16.0. The zero-order valence-corrected chi connectivity index (χ0v) is 29.5. The molecule has 14 heteroatoms. The molecule has 0 bridgehead atoms. The average molecular weight is 687 g/mol. The maximum absolute atomic E-state index is 13.4. The molecule has 3 heterocycles. The Labute approximate surface area is 286 Å². The highest BCUT2D eigenvalue weighted by atomic mass is 32.2. The van der Waals surface area contributed by atoms with Gasteiger partial charge in [0.2, 0.25) is 11.8 Å². The molecule has 0 spiro atoms. The Morgan fingerprint density at radius 2 is 1.73 bits per heavy atom. The van der Waals surface area contributed by atoms with E-state index in [2.05, 4.69) is 50.9 Å². The summed E-state index contributed by atoms with van der Waals surface area (Å²) < 4.78 is 37.3. The number of nitrogens with one attached hydrogen (secondary N) is 2. The Kier molecular flexibility index (Phi) is 10.3. The molecule has 0 aliphatic rings. The maximum Gasteiger partial charge on any atom is 0.335 e. The van der Waals surface area contributed by atoms with Gasteiger partial charge in [0.1, 0.15) is 12.1 Å². The molecule has 49 heavy (non-hydrogen) atoms. The summed E-state index contributed by atoms with van der Waals surface area (Å²) in [5.41, 5.74) is 5.05. The van der Waals surface area contributed by atoms with Crippen molar-refractivity contribution in [2.24, 2.45) is 5.41 Å². The van der Waals surface area contributed by atoms with Gasteiger partial charge in [0.25, 0.3) is 10.0 Å². The normalized spacial score (nSPS) is 12.7. The van der Waals surface area contributed by atoms with Gasteiger partial charge in [0, 0.05) is 30.3 Å². The molecule has 0 unspecified atom stereocenters. The number of ether oxygens (including phenoxy) is 1. The molecule has 0 aliphatic heterocycles. The molecule has 0 fully saturated rings. The number of anilines is 1. The molecular weight excluding hydrogens is 645 g/mol. The molecule has 5 rings (SSSR count). The van der Waals surface area contributed by atoms with Gasteiger partial charge in [0.15, 0.2) is 5.65 Å². The number of aryl methyl sites for hydroxylation is 2. The molecule has 0 saturated carbocycles. The number of fused-ring (bicyclic) bond motifs is 1. The smallest absolute Gasteiger partial charge is 0.335 e. The minimum Gasteiger partial charge on any atom is -0.478 e. The fraction of sp³-hybridized carbons (Fsp3) is 0.371. The van der Waals surface area contributed by atoms with Crippen LogP contribution in [0.4, 0.5) is 5.95 Å². The van der Waals surface area contributed by atoms with E-state index >= 15 is 0 Å². The molecule has 2 aromatic carbocycles. The van der Waals surface area contributed by atoms with Crippen molar-refractivity contribution in [2.75, 3.05) is 11.3 Å². The molecule has 0 amide bonds. The average Bonchev–Trinajstić information content (AvgIpc) is 3.46. The molecule has 258 valence electrons. The van der Waals surface area contributed by atoms with Crippen molar-refractivity contribution in [2.45, 2.75) is 78.4 Å². The highest BCUT2D eigenvalue weighted by Crippen LogP contribution is 2.30. The van der Waals surface area contributed by atoms with E-state index < -0.39 is 16.0 Å². The van der Waals surface area contributed by atoms with E-state index in [-0.39, 0.29) is 46.4 Å². The van der Waals surface area contributed by atoms with Crippen molar-refractivity contribution < 1.29 is 23.1 Å². The lowest BCUT2D eigenvalue weighted by atomic mass is 9.88. The Morgan fingerprint density at radius 1 is 1.02 bits per heavy atom. The quantitative estimate of drug-likeness (QED) is 0.133. The Balaban J connectivity index is 1.42. The highest BCUT2D eigenvalue weighted by Gasteiger charge is 2.23. The van der Waals surface area contributed by atoms with E-state index in [4.69, 9.17) is 9.72 Å². The standard InChI is InChI=1S/C35H42N8O5S/c1-21(2)43-19-29-32(41-43)37-18-26(38-29)17-36-25(16-35(5,6)7)20-48-30-15-28(31-22(3)10-8-11-23(31)4)39-34(40-30)42-49(46,47)27-13-9-12-24(14-27)33(44)45/h8-15,18-19,21,25,36H,16-17,20H2,1-7H3,(H,44,45)(H,39,40,42)/t25-/m1/s1. The van der Waals surface area contributed by atoms with Crippen LogP contribution >= 0.6 is 0 Å². The van der Waals surface area contributed by atoms with Crippen LogP contribution in [0.5, 0.6) is 5.88 Å². The van der Waals surface area contributed by atoms with Crippen LogP contribution in [0.25, 0.3) is 22.4 Å². The van der Waals surface area contributed by atoms with Gasteiger partial charge >= 0.3 is 5.97 Å². The van der Waals surface area contributed by atoms with E-state index in [0.29, 0.717) is 17.9 Å². The van der Waals surface area contributed by atoms with Crippen molar-refractivity contribution in [3.05, 3.63) is 83.3 Å². The van der Waals surface area contributed by atoms with Crippen LogP contribution in [-0.2, 0) is 16.6 Å². The maximum atomic E-state index is 13.4. The number of sulfonamides is 1. The summed E-state index contributed by atoms with van der Waals surface area (Å²) in [6.45, 7) is 15.1. The van der Waals surface area contributed by atoms with Gasteiger partial charge in [-0.05, 0) is 68.9 Å². The number of hydrogen-bond acceptors (Lipinski definition) is 10. The molecule has 1 atom stereocenters. The van der Waals surface area contributed by atoms with Gasteiger partial charge in [-0.1, -0.05) is 45.0 Å². The minimum atomic E-state index is -4.24. The van der Waals surface area contributed by atoms with Crippen LogP contribution in [0.15, 0.2) is 65.8 Å². The SMILES string of the molecule is Cc1cccc(C)c1-c1cc(OC[C@@H](CC(C)(C)C)NCc2cnc3nn(C(C)C)cc3n2)nc(NS(=O)(=O)c2cccc(C(=O)O)c2)n1. The summed E-state index contributed by atoms with van der Waals surface area (Å²) in [6.07, 6.45) is 4.36. The largest absolute Gasteiger partial charge is 0.478 e. The topological polar surface area (TPSA) is 174 Å². The van der Waals surface area contributed by atoms with Gasteiger partial charge < -0.3 is 15.2 Å². The minimum absolute atomic E-state index is 0.0462. The van der Waals surface area contributed by atoms with E-state index in [1.165, 1.54) is 18.2 Å². The first-order chi connectivity index (χ1) is 23.1. The van der Waals surface area contributed by atoms with Crippen LogP contribution in [0.3, 0.4) is 0 Å². The van der Waals surface area contributed by atoms with E-state index in [9.17, 15) is 18.3 Å². The molecule has 3 aromatic heterocycles. The monoisotopic (exact) mass is 686 g/mol. The van der Waals surface area contributed by atoms with Crippen molar-refractivity contribution >= 4 is 33.1 Å². The molecular formula is C35H42N8O5S. The second-order valence-electron chi connectivity index (χ2n) is 13.5. The molecule has 13 nitrogen and oxygen atoms in total. The predicted molar refractivity (Wildman–Crippen MR) is 187 cm³/mol. The summed E-state index contributed by atoms with van der Waals surface area (Å²) in [5.74, 6) is -1.27. The Morgan fingerprint density at radius 3 is 2.41 bits per heavy atom. The lowest BCUT2D eigenvalue weighted by Crippen LogP contribution is -2.37. The number of nitrogens with zero attached hydrogens (tertiary/aromatic N) is 6. The van der Waals surface area contributed by atoms with E-state index in [1.54, 1.807) is 12.3 Å². The number of carboxylic acids is 1. The molecule has 0 radical (unpaired) electrons. The summed E-state index contributed by atoms with van der Waals surface area (Å²) >= 11 is 0. The number of carbonyl (C=O) groups is 1. The van der Waals surface area contributed by atoms with Gasteiger partial charge in [-0.2, -0.15) is 10.1 Å². The lowest BCUT2D eigenvalue weighted by Gasteiger charge is -2.27. The van der Waals surface area contributed by atoms with Crippen LogP contribution in [0, 0.1) is 19.3 Å². The van der Waals surface area contributed by atoms with Crippen molar-refractivity contribution in [3.8, 4) is 17.1 Å². The number of carboxylic acid groups (broad SMARTS) is 1. The zero-order valence-electron chi connectivity index (χ0n) is 28.7. The van der Waals surface area contributed by atoms with Gasteiger partial charge in [-0.3, -0.25) is 4.68 Å². The zero-order chi connectivity index (χ0) is 35.5. The second-order valence-corrected chi connectivity index (χ2v) is 15.2. The van der Waals surface area contributed by atoms with E-state index in [1.807, 2.05) is 56.8 Å².